The standard InChI is InChI=1S/C20H29ClN6O.HI/c1-13-17(14(2)26(4)25-13)11-23-20(22-3)24-16-8-9-27(12-16)18-10-15(21)6-7-19(18)28-5;/h6-7,10,16H,8-9,11-12H2,1-5H3,(H2,22,23,24);1H. The number of hydrogen-bond donors (Lipinski definition) is 2. The number of nitrogens with one attached hydrogen (secondary N) is 2. The number of halogens is 2. The number of guanidine groups is 1. The summed E-state index contributed by atoms with van der Waals surface area (Å²) in [7, 11) is 5.45. The van der Waals surface area contributed by atoms with Gasteiger partial charge < -0.3 is 20.3 Å². The fraction of sp³-hybridized carbons (Fsp3) is 0.500. The minimum Gasteiger partial charge on any atom is -0.495 e. The second-order valence-electron chi connectivity index (χ2n) is 7.09. The summed E-state index contributed by atoms with van der Waals surface area (Å²) in [6.45, 7) is 6.62. The van der Waals surface area contributed by atoms with Crippen LogP contribution in [0.1, 0.15) is 23.4 Å². The molecule has 2 N–H and O–H groups in total. The van der Waals surface area contributed by atoms with Crippen molar-refractivity contribution in [1.29, 1.82) is 0 Å². The molecule has 0 bridgehead atoms. The number of rotatable bonds is 5. The highest BCUT2D eigenvalue weighted by atomic mass is 127. The Morgan fingerprint density at radius 3 is 2.76 bits per heavy atom. The molecule has 1 saturated heterocycles. The van der Waals surface area contributed by atoms with Gasteiger partial charge in [0.05, 0.1) is 18.5 Å². The zero-order valence-corrected chi connectivity index (χ0v) is 20.7. The number of anilines is 1. The van der Waals surface area contributed by atoms with Gasteiger partial charge in [0.15, 0.2) is 5.96 Å². The van der Waals surface area contributed by atoms with Crippen molar-refractivity contribution in [3.63, 3.8) is 0 Å². The first kappa shape index (κ1) is 23.6. The zero-order chi connectivity index (χ0) is 20.3. The number of ether oxygens (including phenoxy) is 1. The SMILES string of the molecule is CN=C(NCc1c(C)nn(C)c1C)NC1CCN(c2cc(Cl)ccc2OC)C1.I. The topological polar surface area (TPSA) is 66.7 Å². The van der Waals surface area contributed by atoms with Crippen molar-refractivity contribution in [3.8, 4) is 5.75 Å². The second-order valence-corrected chi connectivity index (χ2v) is 7.53. The maximum atomic E-state index is 6.19. The molecule has 7 nitrogen and oxygen atoms in total. The summed E-state index contributed by atoms with van der Waals surface area (Å²) in [5.41, 5.74) is 4.45. The third-order valence-corrected chi connectivity index (χ3v) is 5.56. The molecule has 2 aromatic rings. The fourth-order valence-electron chi connectivity index (χ4n) is 3.64. The van der Waals surface area contributed by atoms with E-state index < -0.39 is 0 Å². The highest BCUT2D eigenvalue weighted by Crippen LogP contribution is 2.33. The van der Waals surface area contributed by atoms with Gasteiger partial charge >= 0.3 is 0 Å². The Balaban J connectivity index is 0.00000300. The van der Waals surface area contributed by atoms with E-state index in [-0.39, 0.29) is 24.0 Å². The van der Waals surface area contributed by atoms with Crippen molar-refractivity contribution >= 4 is 47.2 Å². The van der Waals surface area contributed by atoms with Gasteiger partial charge in [-0.3, -0.25) is 9.67 Å². The van der Waals surface area contributed by atoms with Crippen LogP contribution in [0.15, 0.2) is 23.2 Å². The fourth-order valence-corrected chi connectivity index (χ4v) is 3.81. The Hall–Kier alpha value is -1.68. The Bertz CT molecular complexity index is 869. The predicted octanol–water partition coefficient (Wildman–Crippen LogP) is 3.26. The number of hydrogen-bond acceptors (Lipinski definition) is 4. The van der Waals surface area contributed by atoms with Gasteiger partial charge in [0.1, 0.15) is 5.75 Å². The molecule has 0 spiro atoms. The molecule has 3 rings (SSSR count). The Labute approximate surface area is 194 Å². The Morgan fingerprint density at radius 2 is 2.14 bits per heavy atom. The van der Waals surface area contributed by atoms with E-state index in [0.29, 0.717) is 17.6 Å². The summed E-state index contributed by atoms with van der Waals surface area (Å²) in [5, 5.41) is 12.1. The van der Waals surface area contributed by atoms with E-state index in [1.165, 1.54) is 11.3 Å². The van der Waals surface area contributed by atoms with E-state index in [0.717, 1.165) is 42.6 Å². The average Bonchev–Trinajstić information content (AvgIpc) is 3.23. The first-order valence-electron chi connectivity index (χ1n) is 9.47. The number of benzene rings is 1. The summed E-state index contributed by atoms with van der Waals surface area (Å²) in [6, 6.07) is 6.02. The molecule has 1 unspecified atom stereocenters. The molecule has 0 amide bonds. The maximum Gasteiger partial charge on any atom is 0.191 e. The van der Waals surface area contributed by atoms with Gasteiger partial charge in [0, 0.05) is 56.1 Å². The monoisotopic (exact) mass is 532 g/mol. The van der Waals surface area contributed by atoms with E-state index >= 15 is 0 Å². The molecule has 1 aliphatic rings. The summed E-state index contributed by atoms with van der Waals surface area (Å²) < 4.78 is 7.41. The van der Waals surface area contributed by atoms with Crippen molar-refractivity contribution in [2.45, 2.75) is 32.9 Å². The van der Waals surface area contributed by atoms with Crippen LogP contribution in [0.25, 0.3) is 0 Å². The molecule has 9 heteroatoms. The van der Waals surface area contributed by atoms with Gasteiger partial charge in [0.2, 0.25) is 0 Å². The first-order valence-corrected chi connectivity index (χ1v) is 9.85. The summed E-state index contributed by atoms with van der Waals surface area (Å²) in [5.74, 6) is 1.64. The Morgan fingerprint density at radius 1 is 1.38 bits per heavy atom. The lowest BCUT2D eigenvalue weighted by atomic mass is 10.2. The molecule has 1 fully saturated rings. The number of aryl methyl sites for hydroxylation is 2. The first-order chi connectivity index (χ1) is 13.4. The smallest absolute Gasteiger partial charge is 0.191 e. The van der Waals surface area contributed by atoms with E-state index in [9.17, 15) is 0 Å². The number of nitrogens with zero attached hydrogens (tertiary/aromatic N) is 4. The maximum absolute atomic E-state index is 6.19. The van der Waals surface area contributed by atoms with Gasteiger partial charge in [-0.2, -0.15) is 5.10 Å². The van der Waals surface area contributed by atoms with E-state index in [2.05, 4.69) is 32.5 Å². The third-order valence-electron chi connectivity index (χ3n) is 5.33. The predicted molar refractivity (Wildman–Crippen MR) is 130 cm³/mol. The largest absolute Gasteiger partial charge is 0.495 e. The average molecular weight is 533 g/mol. The molecule has 2 heterocycles. The van der Waals surface area contributed by atoms with Gasteiger partial charge in [0.25, 0.3) is 0 Å². The van der Waals surface area contributed by atoms with Crippen LogP contribution in [0.5, 0.6) is 5.75 Å². The lowest BCUT2D eigenvalue weighted by Crippen LogP contribution is -2.44. The van der Waals surface area contributed by atoms with Crippen LogP contribution in [-0.4, -0.2) is 49.0 Å². The van der Waals surface area contributed by atoms with Crippen LogP contribution >= 0.6 is 35.6 Å². The van der Waals surface area contributed by atoms with Crippen molar-refractivity contribution in [2.75, 3.05) is 32.1 Å². The van der Waals surface area contributed by atoms with E-state index in [1.807, 2.05) is 36.9 Å². The molecule has 1 aromatic carbocycles. The number of methoxy groups -OCH3 is 1. The lowest BCUT2D eigenvalue weighted by Gasteiger charge is -2.22. The van der Waals surface area contributed by atoms with Crippen LogP contribution < -0.4 is 20.3 Å². The summed E-state index contributed by atoms with van der Waals surface area (Å²) >= 11 is 6.19. The quantitative estimate of drug-likeness (QED) is 0.352. The van der Waals surface area contributed by atoms with Crippen molar-refractivity contribution in [1.82, 2.24) is 20.4 Å². The molecule has 160 valence electrons. The zero-order valence-electron chi connectivity index (χ0n) is 17.6. The highest BCUT2D eigenvalue weighted by molar-refractivity contribution is 14.0. The van der Waals surface area contributed by atoms with Gasteiger partial charge in [-0.1, -0.05) is 11.6 Å². The van der Waals surface area contributed by atoms with Crippen LogP contribution in [0, 0.1) is 13.8 Å². The van der Waals surface area contributed by atoms with Gasteiger partial charge in [-0.05, 0) is 38.5 Å². The number of aromatic nitrogens is 2. The molecule has 29 heavy (non-hydrogen) atoms. The van der Waals surface area contributed by atoms with Gasteiger partial charge in [-0.25, -0.2) is 0 Å². The molecule has 1 aliphatic heterocycles. The van der Waals surface area contributed by atoms with E-state index in [1.54, 1.807) is 14.2 Å². The molecule has 0 radical (unpaired) electrons. The molecular formula is C20H30ClIN6O. The minimum atomic E-state index is 0. The van der Waals surface area contributed by atoms with Crippen LogP contribution in [0.2, 0.25) is 5.02 Å². The molecule has 0 saturated carbocycles. The third kappa shape index (κ3) is 5.48. The summed E-state index contributed by atoms with van der Waals surface area (Å²) in [6.07, 6.45) is 1.02. The summed E-state index contributed by atoms with van der Waals surface area (Å²) in [4.78, 5) is 6.68. The lowest BCUT2D eigenvalue weighted by molar-refractivity contribution is 0.415. The highest BCUT2D eigenvalue weighted by Gasteiger charge is 2.25. The van der Waals surface area contributed by atoms with Crippen molar-refractivity contribution < 1.29 is 4.74 Å². The minimum absolute atomic E-state index is 0. The number of aliphatic imine (C=N–C) groups is 1. The van der Waals surface area contributed by atoms with Crippen LogP contribution in [0.3, 0.4) is 0 Å². The molecular weight excluding hydrogens is 503 g/mol. The Kier molecular flexibility index (Phi) is 8.45. The van der Waals surface area contributed by atoms with E-state index in [4.69, 9.17) is 16.3 Å². The molecule has 1 atom stereocenters. The van der Waals surface area contributed by atoms with Crippen LogP contribution in [0.4, 0.5) is 5.69 Å². The normalized spacial score (nSPS) is 16.6. The second kappa shape index (κ2) is 10.4. The van der Waals surface area contributed by atoms with Crippen LogP contribution in [-0.2, 0) is 13.6 Å². The molecule has 0 aliphatic carbocycles. The molecule has 1 aromatic heterocycles. The van der Waals surface area contributed by atoms with Crippen molar-refractivity contribution in [2.24, 2.45) is 12.0 Å². The van der Waals surface area contributed by atoms with Gasteiger partial charge in [-0.15, -0.1) is 24.0 Å². The van der Waals surface area contributed by atoms with Crippen molar-refractivity contribution in [3.05, 3.63) is 40.2 Å².